The number of benzene rings is 1. The van der Waals surface area contributed by atoms with Gasteiger partial charge < -0.3 is 4.90 Å². The molecule has 92 valence electrons. The fourth-order valence-electron chi connectivity index (χ4n) is 2.28. The fraction of sp³-hybridized carbons (Fsp3) is 0.231. The molecular formula is C13H11BrClN3. The molecule has 0 fully saturated rings. The molecule has 1 aromatic carbocycles. The highest BCUT2D eigenvalue weighted by molar-refractivity contribution is 9.10. The first-order chi connectivity index (χ1) is 8.75. The molecule has 3 nitrogen and oxygen atoms in total. The maximum atomic E-state index is 5.89. The van der Waals surface area contributed by atoms with E-state index < -0.39 is 0 Å². The van der Waals surface area contributed by atoms with Crippen molar-refractivity contribution >= 4 is 39.0 Å². The Morgan fingerprint density at radius 1 is 1.28 bits per heavy atom. The molecule has 0 saturated carbocycles. The molecule has 0 unspecified atom stereocenters. The average molecular weight is 325 g/mol. The Morgan fingerprint density at radius 2 is 2.11 bits per heavy atom. The second-order valence-electron chi connectivity index (χ2n) is 4.19. The first-order valence-corrected chi connectivity index (χ1v) is 6.96. The summed E-state index contributed by atoms with van der Waals surface area (Å²) in [6, 6.07) is 8.41. The second kappa shape index (κ2) is 4.86. The summed E-state index contributed by atoms with van der Waals surface area (Å²) in [6.07, 6.45) is 3.93. The monoisotopic (exact) mass is 323 g/mol. The first kappa shape index (κ1) is 11.9. The van der Waals surface area contributed by atoms with Crippen molar-refractivity contribution in [3.8, 4) is 0 Å². The molecule has 0 bridgehead atoms. The van der Waals surface area contributed by atoms with E-state index in [0.29, 0.717) is 0 Å². The molecule has 0 radical (unpaired) electrons. The molecule has 0 saturated heterocycles. The van der Waals surface area contributed by atoms with E-state index in [1.807, 2.05) is 6.07 Å². The molecule has 2 heterocycles. The van der Waals surface area contributed by atoms with E-state index in [1.54, 1.807) is 6.20 Å². The van der Waals surface area contributed by atoms with Crippen molar-refractivity contribution in [3.63, 3.8) is 0 Å². The van der Waals surface area contributed by atoms with Crippen LogP contribution in [0.15, 0.2) is 34.9 Å². The molecule has 1 aromatic heterocycles. The maximum absolute atomic E-state index is 5.89. The minimum atomic E-state index is 0.274. The van der Waals surface area contributed by atoms with Gasteiger partial charge in [0.05, 0.1) is 4.47 Å². The van der Waals surface area contributed by atoms with E-state index in [9.17, 15) is 0 Å². The summed E-state index contributed by atoms with van der Waals surface area (Å²) >= 11 is 9.39. The minimum absolute atomic E-state index is 0.274. The molecule has 0 amide bonds. The first-order valence-electron chi connectivity index (χ1n) is 5.79. The number of halogens is 2. The van der Waals surface area contributed by atoms with Crippen LogP contribution in [-0.4, -0.2) is 16.5 Å². The lowest BCUT2D eigenvalue weighted by Gasteiger charge is -2.30. The Labute approximate surface area is 119 Å². The van der Waals surface area contributed by atoms with Crippen LogP contribution in [0.4, 0.5) is 11.5 Å². The van der Waals surface area contributed by atoms with Gasteiger partial charge in [-0.15, -0.1) is 0 Å². The predicted octanol–water partition coefficient (Wildman–Crippen LogP) is 3.98. The predicted molar refractivity (Wildman–Crippen MR) is 76.5 cm³/mol. The number of hydrogen-bond acceptors (Lipinski definition) is 3. The molecule has 0 atom stereocenters. The molecule has 0 N–H and O–H groups in total. The number of fused-ring (bicyclic) bond motifs is 1. The number of aromatic nitrogens is 2. The largest absolute Gasteiger partial charge is 0.325 e. The molecule has 1 aliphatic heterocycles. The Kier molecular flexibility index (Phi) is 3.22. The molecule has 5 heteroatoms. The van der Waals surface area contributed by atoms with Crippen LogP contribution in [0.2, 0.25) is 5.28 Å². The molecule has 0 spiro atoms. The topological polar surface area (TPSA) is 29.0 Å². The Bertz CT molecular complexity index is 588. The summed E-state index contributed by atoms with van der Waals surface area (Å²) in [5.74, 6) is 0.835. The van der Waals surface area contributed by atoms with Crippen molar-refractivity contribution in [3.05, 3.63) is 45.8 Å². The van der Waals surface area contributed by atoms with Crippen LogP contribution in [0.25, 0.3) is 0 Å². The third-order valence-corrected chi connectivity index (χ3v) is 3.80. The fourth-order valence-corrected chi connectivity index (χ4v) is 2.81. The van der Waals surface area contributed by atoms with Crippen LogP contribution in [0.5, 0.6) is 0 Å². The smallest absolute Gasteiger partial charge is 0.224 e. The van der Waals surface area contributed by atoms with E-state index in [4.69, 9.17) is 11.6 Å². The van der Waals surface area contributed by atoms with Crippen LogP contribution in [0, 0.1) is 0 Å². The second-order valence-corrected chi connectivity index (χ2v) is 5.39. The summed E-state index contributed by atoms with van der Waals surface area (Å²) in [7, 11) is 0. The zero-order chi connectivity index (χ0) is 12.5. The van der Waals surface area contributed by atoms with Gasteiger partial charge in [0.15, 0.2) is 5.82 Å². The SMILES string of the molecule is Clc1ncc(Br)c(N2CCCc3ccccc32)n1. The van der Waals surface area contributed by atoms with Gasteiger partial charge in [0.2, 0.25) is 5.28 Å². The summed E-state index contributed by atoms with van der Waals surface area (Å²) < 4.78 is 0.864. The van der Waals surface area contributed by atoms with Crippen molar-refractivity contribution < 1.29 is 0 Å². The van der Waals surface area contributed by atoms with E-state index in [1.165, 1.54) is 11.3 Å². The third kappa shape index (κ3) is 2.10. The van der Waals surface area contributed by atoms with E-state index in [0.717, 1.165) is 29.7 Å². The van der Waals surface area contributed by atoms with Crippen LogP contribution in [-0.2, 0) is 6.42 Å². The number of nitrogens with zero attached hydrogens (tertiary/aromatic N) is 3. The van der Waals surface area contributed by atoms with Crippen LogP contribution in [0.3, 0.4) is 0 Å². The number of rotatable bonds is 1. The number of aryl methyl sites for hydroxylation is 1. The van der Waals surface area contributed by atoms with E-state index in [-0.39, 0.29) is 5.28 Å². The summed E-state index contributed by atoms with van der Waals surface area (Å²) in [5, 5.41) is 0.274. The molecule has 3 rings (SSSR count). The molecular weight excluding hydrogens is 314 g/mol. The summed E-state index contributed by atoms with van der Waals surface area (Å²) in [5.41, 5.74) is 2.56. The van der Waals surface area contributed by atoms with Gasteiger partial charge >= 0.3 is 0 Å². The highest BCUT2D eigenvalue weighted by Gasteiger charge is 2.21. The van der Waals surface area contributed by atoms with Crippen molar-refractivity contribution in [1.29, 1.82) is 0 Å². The number of anilines is 2. The lowest BCUT2D eigenvalue weighted by molar-refractivity contribution is 0.757. The van der Waals surface area contributed by atoms with Gasteiger partial charge in [0.1, 0.15) is 0 Å². The van der Waals surface area contributed by atoms with Crippen LogP contribution < -0.4 is 4.90 Å². The Hall–Kier alpha value is -1.13. The maximum Gasteiger partial charge on any atom is 0.224 e. The van der Waals surface area contributed by atoms with Gasteiger partial charge in [0.25, 0.3) is 0 Å². The quantitative estimate of drug-likeness (QED) is 0.743. The lowest BCUT2D eigenvalue weighted by Crippen LogP contribution is -2.25. The van der Waals surface area contributed by atoms with Gasteiger partial charge in [0, 0.05) is 18.4 Å². The van der Waals surface area contributed by atoms with E-state index in [2.05, 4.69) is 49.0 Å². The van der Waals surface area contributed by atoms with Gasteiger partial charge in [-0.25, -0.2) is 4.98 Å². The standard InChI is InChI=1S/C13H11BrClN3/c14-10-8-16-13(15)17-12(10)18-7-3-5-9-4-1-2-6-11(9)18/h1-2,4,6,8H,3,5,7H2. The normalized spacial score (nSPS) is 14.4. The van der Waals surface area contributed by atoms with Gasteiger partial charge in [-0.3, -0.25) is 0 Å². The number of hydrogen-bond donors (Lipinski definition) is 0. The van der Waals surface area contributed by atoms with Gasteiger partial charge in [-0.05, 0) is 52.0 Å². The Morgan fingerprint density at radius 3 is 3.00 bits per heavy atom. The van der Waals surface area contributed by atoms with Crippen molar-refractivity contribution in [2.75, 3.05) is 11.4 Å². The van der Waals surface area contributed by atoms with Crippen molar-refractivity contribution in [2.24, 2.45) is 0 Å². The van der Waals surface area contributed by atoms with Crippen molar-refractivity contribution in [1.82, 2.24) is 9.97 Å². The molecule has 18 heavy (non-hydrogen) atoms. The van der Waals surface area contributed by atoms with Crippen LogP contribution in [0.1, 0.15) is 12.0 Å². The minimum Gasteiger partial charge on any atom is -0.325 e. The third-order valence-electron chi connectivity index (χ3n) is 3.06. The summed E-state index contributed by atoms with van der Waals surface area (Å²) in [4.78, 5) is 10.5. The number of para-hydroxylation sites is 1. The zero-order valence-corrected chi connectivity index (χ0v) is 11.9. The van der Waals surface area contributed by atoms with Gasteiger partial charge in [-0.2, -0.15) is 4.98 Å². The molecule has 2 aromatic rings. The summed E-state index contributed by atoms with van der Waals surface area (Å²) in [6.45, 7) is 0.947. The Balaban J connectivity index is 2.11. The average Bonchev–Trinajstić information content (AvgIpc) is 2.41. The zero-order valence-electron chi connectivity index (χ0n) is 9.61. The van der Waals surface area contributed by atoms with Crippen LogP contribution >= 0.6 is 27.5 Å². The lowest BCUT2D eigenvalue weighted by atomic mass is 10.0. The molecule has 0 aliphatic carbocycles. The van der Waals surface area contributed by atoms with Gasteiger partial charge in [-0.1, -0.05) is 18.2 Å². The van der Waals surface area contributed by atoms with Crippen molar-refractivity contribution in [2.45, 2.75) is 12.8 Å². The molecule has 1 aliphatic rings. The van der Waals surface area contributed by atoms with E-state index >= 15 is 0 Å². The highest BCUT2D eigenvalue weighted by Crippen LogP contribution is 2.35. The highest BCUT2D eigenvalue weighted by atomic mass is 79.9.